The number of thiol groups is 2. The predicted octanol–water partition coefficient (Wildman–Crippen LogP) is -1.42. The van der Waals surface area contributed by atoms with Crippen molar-refractivity contribution >= 4 is 83.4 Å². The van der Waals surface area contributed by atoms with Crippen LogP contribution in [0.3, 0.4) is 0 Å². The molecule has 3 rings (SSSR count). The Kier molecular flexibility index (Phi) is 21.6. The van der Waals surface area contributed by atoms with Crippen LogP contribution in [0.2, 0.25) is 0 Å². The number of nitrogens with two attached hydrogens (primary N) is 2. The van der Waals surface area contributed by atoms with Crippen LogP contribution in [0.25, 0.3) is 10.9 Å². The molecule has 356 valence electrons. The van der Waals surface area contributed by atoms with Crippen LogP contribution in [0.15, 0.2) is 54.7 Å². The van der Waals surface area contributed by atoms with E-state index in [0.717, 1.165) is 10.9 Å². The fraction of sp³-hybridized carbons (Fsp3) is 0.488. The third-order valence-electron chi connectivity index (χ3n) is 10.3. The largest absolute Gasteiger partial charge is 0.508 e. The van der Waals surface area contributed by atoms with Gasteiger partial charge in [0.25, 0.3) is 0 Å². The van der Waals surface area contributed by atoms with E-state index >= 15 is 0 Å². The molecule has 0 spiro atoms. The summed E-state index contributed by atoms with van der Waals surface area (Å²) >= 11 is 8.34. The molecule has 3 aromatic rings. The van der Waals surface area contributed by atoms with Gasteiger partial charge in [0.15, 0.2) is 0 Å². The van der Waals surface area contributed by atoms with Crippen molar-refractivity contribution in [3.63, 3.8) is 0 Å². The molecule has 2 aromatic carbocycles. The number of aliphatic hydroxyl groups is 1. The van der Waals surface area contributed by atoms with E-state index < -0.39 is 102 Å². The summed E-state index contributed by atoms with van der Waals surface area (Å²) in [7, 11) is 0. The normalized spacial score (nSPS) is 14.9. The highest BCUT2D eigenvalue weighted by atomic mass is 32.1. The zero-order chi connectivity index (χ0) is 48.4. The Bertz CT molecular complexity index is 2120. The van der Waals surface area contributed by atoms with Gasteiger partial charge in [0.1, 0.15) is 48.0 Å². The zero-order valence-corrected chi connectivity index (χ0v) is 38.5. The monoisotopic (exact) mass is 942 g/mol. The lowest BCUT2D eigenvalue weighted by Crippen LogP contribution is -2.61. The molecule has 8 amide bonds. The number of hydrogen-bond donors (Lipinski definition) is 14. The van der Waals surface area contributed by atoms with Crippen LogP contribution in [0.4, 0.5) is 0 Å². The van der Waals surface area contributed by atoms with E-state index in [1.807, 2.05) is 18.2 Å². The SMILES string of the molecule is CC(=O)N[C@H](CS)C(=O)N[C@@H](Cc1ccc(O)cc1)C(=O)N[C@H](Cc1c[nH]c2ccccc12)C(=O)N[C@@H](CCCCN)C(=O)N[C@H](C(=O)N[C@@H](CS)C(=O)N[C@H](C(N)=O)[C@@H](C)O)C(C)C. The van der Waals surface area contributed by atoms with Crippen molar-refractivity contribution in [1.82, 2.24) is 42.2 Å². The minimum atomic E-state index is -1.45. The molecule has 0 saturated carbocycles. The first-order valence-electron chi connectivity index (χ1n) is 21.1. The summed E-state index contributed by atoms with van der Waals surface area (Å²) in [6, 6.07) is 4.18. The van der Waals surface area contributed by atoms with Gasteiger partial charge in [0.05, 0.1) is 6.10 Å². The second kappa shape index (κ2) is 26.2. The van der Waals surface area contributed by atoms with Gasteiger partial charge >= 0.3 is 0 Å². The number of nitrogens with one attached hydrogen (secondary N) is 8. The van der Waals surface area contributed by atoms with E-state index in [1.54, 1.807) is 38.2 Å². The number of carbonyl (C=O) groups excluding carboxylic acids is 8. The van der Waals surface area contributed by atoms with Gasteiger partial charge in [-0.3, -0.25) is 38.4 Å². The topological polar surface area (TPSA) is 329 Å². The number of rotatable bonds is 26. The molecule has 0 radical (unpaired) electrons. The molecule has 1 aromatic heterocycles. The highest BCUT2D eigenvalue weighted by molar-refractivity contribution is 7.80. The number of aliphatic hydroxyl groups excluding tert-OH is 1. The number of phenolic OH excluding ortho intramolecular Hbond substituents is 1. The average molecular weight is 943 g/mol. The van der Waals surface area contributed by atoms with Crippen LogP contribution in [0, 0.1) is 5.92 Å². The maximum absolute atomic E-state index is 14.5. The summed E-state index contributed by atoms with van der Waals surface area (Å²) in [6.45, 7) is 6.05. The second-order valence-corrected chi connectivity index (χ2v) is 16.7. The van der Waals surface area contributed by atoms with Gasteiger partial charge in [-0.1, -0.05) is 44.2 Å². The highest BCUT2D eigenvalue weighted by Crippen LogP contribution is 2.20. The van der Waals surface area contributed by atoms with E-state index in [4.69, 9.17) is 11.5 Å². The number of phenols is 1. The minimum absolute atomic E-state index is 0.0293. The van der Waals surface area contributed by atoms with Crippen LogP contribution < -0.4 is 48.7 Å². The minimum Gasteiger partial charge on any atom is -0.508 e. The highest BCUT2D eigenvalue weighted by Gasteiger charge is 2.35. The van der Waals surface area contributed by atoms with Gasteiger partial charge in [0, 0.05) is 48.4 Å². The number of primary amides is 1. The molecular weight excluding hydrogens is 881 g/mol. The summed E-state index contributed by atoms with van der Waals surface area (Å²) in [5.41, 5.74) is 13.0. The van der Waals surface area contributed by atoms with Gasteiger partial charge in [-0.05, 0) is 68.0 Å². The molecule has 22 heteroatoms. The number of amides is 8. The molecule has 0 fully saturated rings. The summed E-state index contributed by atoms with van der Waals surface area (Å²) < 4.78 is 0. The summed E-state index contributed by atoms with van der Waals surface area (Å²) in [5, 5.41) is 38.7. The molecule has 0 aliphatic heterocycles. The quantitative estimate of drug-likeness (QED) is 0.0327. The van der Waals surface area contributed by atoms with Gasteiger partial charge < -0.3 is 63.9 Å². The number of aromatic hydroxyl groups is 1. The Hall–Kier alpha value is -5.84. The smallest absolute Gasteiger partial charge is 0.244 e. The first-order chi connectivity index (χ1) is 30.8. The Balaban J connectivity index is 1.96. The van der Waals surface area contributed by atoms with Crippen LogP contribution in [-0.2, 0) is 51.2 Å². The van der Waals surface area contributed by atoms with Crippen molar-refractivity contribution < 1.29 is 48.6 Å². The molecule has 20 nitrogen and oxygen atoms in total. The van der Waals surface area contributed by atoms with Gasteiger partial charge in [-0.25, -0.2) is 0 Å². The molecule has 0 saturated heterocycles. The van der Waals surface area contributed by atoms with E-state index in [-0.39, 0.29) is 43.1 Å². The Morgan fingerprint density at radius 3 is 1.71 bits per heavy atom. The van der Waals surface area contributed by atoms with Gasteiger partial charge in [0.2, 0.25) is 47.3 Å². The predicted molar refractivity (Wildman–Crippen MR) is 249 cm³/mol. The Morgan fingerprint density at radius 1 is 0.646 bits per heavy atom. The molecule has 1 heterocycles. The third kappa shape index (κ3) is 16.6. The van der Waals surface area contributed by atoms with Crippen molar-refractivity contribution in [3.8, 4) is 5.75 Å². The number of para-hydroxylation sites is 1. The van der Waals surface area contributed by atoms with Crippen LogP contribution >= 0.6 is 25.3 Å². The number of hydrogen-bond acceptors (Lipinski definition) is 13. The number of H-pyrrole nitrogens is 1. The first-order valence-corrected chi connectivity index (χ1v) is 22.4. The maximum Gasteiger partial charge on any atom is 0.244 e. The van der Waals surface area contributed by atoms with Crippen molar-refractivity contribution in [2.45, 2.75) is 108 Å². The standard InChI is InChI=1S/C43H62N10O10S2/c1-22(2)35(43(63)51-34(21-65)42(62)53-36(23(3)54)37(45)57)52-38(58)30(11-7-8-16-44)48-40(60)32(18-26-19-46-29-10-6-5-9-28(26)29)50-39(59)31(17-25-12-14-27(56)15-13-25)49-41(61)33(20-64)47-24(4)55/h5-6,9-10,12-15,19,22-23,30-36,46,54,56,64-65H,7-8,11,16-18,20-21,44H2,1-4H3,(H2,45,57)(H,47,55)(H,48,60)(H,49,61)(H,50,59)(H,51,63)(H,52,58)(H,53,62)/t23-,30+,31+,32-,33-,34+,35+,36+/m1/s1. The fourth-order valence-corrected chi connectivity index (χ4v) is 7.27. The molecule has 0 unspecified atom stereocenters. The summed E-state index contributed by atoms with van der Waals surface area (Å²) in [4.78, 5) is 110. The molecule has 0 bridgehead atoms. The molecule has 65 heavy (non-hydrogen) atoms. The fourth-order valence-electron chi connectivity index (χ4n) is 6.75. The van der Waals surface area contributed by atoms with E-state index in [0.29, 0.717) is 24.0 Å². The molecule has 0 aliphatic carbocycles. The maximum atomic E-state index is 14.5. The Morgan fingerprint density at radius 2 is 1.15 bits per heavy atom. The number of fused-ring (bicyclic) bond motifs is 1. The van der Waals surface area contributed by atoms with Crippen molar-refractivity contribution in [1.29, 1.82) is 0 Å². The van der Waals surface area contributed by atoms with Crippen LogP contribution in [0.1, 0.15) is 58.1 Å². The van der Waals surface area contributed by atoms with Crippen molar-refractivity contribution in [2.24, 2.45) is 17.4 Å². The van der Waals surface area contributed by atoms with E-state index in [1.165, 1.54) is 26.0 Å². The lowest BCUT2D eigenvalue weighted by molar-refractivity contribution is -0.136. The number of benzene rings is 2. The van der Waals surface area contributed by atoms with Crippen molar-refractivity contribution in [3.05, 3.63) is 65.9 Å². The number of unbranched alkanes of at least 4 members (excludes halogenated alkanes) is 1. The van der Waals surface area contributed by atoms with E-state index in [9.17, 15) is 48.6 Å². The van der Waals surface area contributed by atoms with E-state index in [2.05, 4.69) is 67.5 Å². The number of aromatic amines is 1. The Labute approximate surface area is 388 Å². The lowest BCUT2D eigenvalue weighted by atomic mass is 10.00. The molecule has 14 N–H and O–H groups in total. The van der Waals surface area contributed by atoms with Crippen LogP contribution in [0.5, 0.6) is 5.75 Å². The number of aromatic nitrogens is 1. The van der Waals surface area contributed by atoms with Crippen LogP contribution in [-0.4, -0.2) is 129 Å². The number of carbonyl (C=O) groups is 8. The van der Waals surface area contributed by atoms with Crippen molar-refractivity contribution in [2.75, 3.05) is 18.1 Å². The first kappa shape index (κ1) is 53.5. The molecule has 8 atom stereocenters. The summed E-state index contributed by atoms with van der Waals surface area (Å²) in [5.74, 6) is -7.10. The zero-order valence-electron chi connectivity index (χ0n) is 36.8. The van der Waals surface area contributed by atoms with Gasteiger partial charge in [-0.2, -0.15) is 25.3 Å². The lowest BCUT2D eigenvalue weighted by Gasteiger charge is -2.29. The molecular formula is C43H62N10O10S2. The van der Waals surface area contributed by atoms with Gasteiger partial charge in [-0.15, -0.1) is 0 Å². The third-order valence-corrected chi connectivity index (χ3v) is 11.1. The second-order valence-electron chi connectivity index (χ2n) is 15.9. The molecule has 0 aliphatic rings. The average Bonchev–Trinajstić information content (AvgIpc) is 3.67. The summed E-state index contributed by atoms with van der Waals surface area (Å²) in [6.07, 6.45) is 1.09.